The molecule has 1 aromatic carbocycles. The average Bonchev–Trinajstić information content (AvgIpc) is 3.01. The monoisotopic (exact) mass is 356 g/mol. The number of urea groups is 1. The summed E-state index contributed by atoms with van der Waals surface area (Å²) in [6, 6.07) is 9.47. The van der Waals surface area contributed by atoms with Crippen LogP contribution in [0.5, 0.6) is 0 Å². The Morgan fingerprint density at radius 3 is 2.65 bits per heavy atom. The predicted molar refractivity (Wildman–Crippen MR) is 96.8 cm³/mol. The number of imide groups is 1. The molecule has 0 aliphatic carbocycles. The van der Waals surface area contributed by atoms with Crippen LogP contribution < -0.4 is 5.32 Å². The molecule has 0 aromatic heterocycles. The number of benzene rings is 1. The highest BCUT2D eigenvalue weighted by atomic mass is 16.2. The van der Waals surface area contributed by atoms with Crippen molar-refractivity contribution in [1.82, 2.24) is 25.0 Å². The normalized spacial score (nSPS) is 29.0. The van der Waals surface area contributed by atoms with Crippen LogP contribution in [0.3, 0.4) is 0 Å². The lowest BCUT2D eigenvalue weighted by atomic mass is 10.1. The van der Waals surface area contributed by atoms with Crippen LogP contribution in [-0.4, -0.2) is 76.0 Å². The molecule has 3 aliphatic heterocycles. The van der Waals surface area contributed by atoms with Crippen molar-refractivity contribution in [2.45, 2.75) is 38.9 Å². The predicted octanol–water partition coefficient (Wildman–Crippen LogP) is 0.676. The maximum absolute atomic E-state index is 13.0. The van der Waals surface area contributed by atoms with Gasteiger partial charge >= 0.3 is 6.03 Å². The van der Waals surface area contributed by atoms with Crippen molar-refractivity contribution in [3.8, 4) is 0 Å². The summed E-state index contributed by atoms with van der Waals surface area (Å²) in [4.78, 5) is 30.5. The van der Waals surface area contributed by atoms with Gasteiger partial charge in [-0.25, -0.2) is 9.69 Å². The Hall–Kier alpha value is -2.45. The molecule has 0 bridgehead atoms. The summed E-state index contributed by atoms with van der Waals surface area (Å²) in [7, 11) is 1.75. The summed E-state index contributed by atoms with van der Waals surface area (Å²) in [5.74, 6) is -0.134. The van der Waals surface area contributed by atoms with Gasteiger partial charge in [-0.05, 0) is 19.4 Å². The van der Waals surface area contributed by atoms with Crippen LogP contribution in [0.15, 0.2) is 35.4 Å². The fourth-order valence-electron chi connectivity index (χ4n) is 4.03. The SMILES string of the molecule is CCN1C(=O)C2C(NC3N(Cc4ccccc4)N=C(C)CN23)N(C)C1=O. The number of rotatable bonds is 3. The van der Waals surface area contributed by atoms with Gasteiger partial charge in [-0.3, -0.25) is 20.0 Å². The smallest absolute Gasteiger partial charge is 0.310 e. The van der Waals surface area contributed by atoms with E-state index < -0.39 is 6.04 Å². The van der Waals surface area contributed by atoms with Gasteiger partial charge in [-0.15, -0.1) is 0 Å². The summed E-state index contributed by atoms with van der Waals surface area (Å²) >= 11 is 0. The van der Waals surface area contributed by atoms with E-state index in [2.05, 4.69) is 22.3 Å². The lowest BCUT2D eigenvalue weighted by Crippen LogP contribution is -2.66. The molecule has 3 aliphatic rings. The molecular weight excluding hydrogens is 332 g/mol. The molecule has 26 heavy (non-hydrogen) atoms. The number of carbonyl (C=O) groups excluding carboxylic acids is 2. The topological polar surface area (TPSA) is 71.5 Å². The number of hydrazone groups is 1. The van der Waals surface area contributed by atoms with Gasteiger partial charge in [0, 0.05) is 25.8 Å². The first-order valence-electron chi connectivity index (χ1n) is 8.96. The van der Waals surface area contributed by atoms with Gasteiger partial charge < -0.3 is 4.90 Å². The van der Waals surface area contributed by atoms with Gasteiger partial charge in [0.1, 0.15) is 12.2 Å². The van der Waals surface area contributed by atoms with E-state index in [4.69, 9.17) is 5.10 Å². The molecule has 3 amide bonds. The second-order valence-electron chi connectivity index (χ2n) is 7.00. The molecule has 4 rings (SSSR count). The number of hydrogen-bond acceptors (Lipinski definition) is 6. The highest BCUT2D eigenvalue weighted by Crippen LogP contribution is 2.30. The third-order valence-electron chi connectivity index (χ3n) is 5.26. The first kappa shape index (κ1) is 17.0. The maximum Gasteiger partial charge on any atom is 0.327 e. The van der Waals surface area contributed by atoms with Gasteiger partial charge in [0.15, 0.2) is 6.29 Å². The fraction of sp³-hybridized carbons (Fsp3) is 0.500. The molecule has 0 saturated carbocycles. The van der Waals surface area contributed by atoms with Gasteiger partial charge in [0.05, 0.1) is 6.54 Å². The Kier molecular flexibility index (Phi) is 4.16. The third kappa shape index (κ3) is 2.57. The van der Waals surface area contributed by atoms with Crippen LogP contribution in [-0.2, 0) is 11.3 Å². The van der Waals surface area contributed by atoms with Crippen molar-refractivity contribution < 1.29 is 9.59 Å². The fourth-order valence-corrected chi connectivity index (χ4v) is 4.03. The van der Waals surface area contributed by atoms with E-state index in [-0.39, 0.29) is 24.4 Å². The Morgan fingerprint density at radius 1 is 1.23 bits per heavy atom. The minimum absolute atomic E-state index is 0.134. The molecule has 1 N–H and O–H groups in total. The minimum Gasteiger partial charge on any atom is -0.310 e. The first-order valence-corrected chi connectivity index (χ1v) is 8.96. The molecule has 8 nitrogen and oxygen atoms in total. The molecule has 1 aromatic rings. The Labute approximate surface area is 153 Å². The van der Waals surface area contributed by atoms with Gasteiger partial charge in [0.25, 0.3) is 5.91 Å². The second kappa shape index (κ2) is 6.37. The van der Waals surface area contributed by atoms with Crippen molar-refractivity contribution >= 4 is 17.6 Å². The molecule has 0 spiro atoms. The molecule has 138 valence electrons. The lowest BCUT2D eigenvalue weighted by molar-refractivity contribution is -0.138. The standard InChI is InChI=1S/C18H24N6O2/c1-4-22-16(25)14-15(21(3)18(22)26)19-17-23(14)10-12(2)20-24(17)11-13-8-6-5-7-9-13/h5-9,14-15,17,19H,4,10-11H2,1-3H3. The second-order valence-corrected chi connectivity index (χ2v) is 7.00. The number of amides is 3. The summed E-state index contributed by atoms with van der Waals surface area (Å²) in [5.41, 5.74) is 2.10. The van der Waals surface area contributed by atoms with E-state index in [0.29, 0.717) is 19.6 Å². The van der Waals surface area contributed by atoms with E-state index in [1.54, 1.807) is 11.9 Å². The minimum atomic E-state index is -0.397. The summed E-state index contributed by atoms with van der Waals surface area (Å²) in [5, 5.41) is 10.1. The van der Waals surface area contributed by atoms with Gasteiger partial charge in [-0.1, -0.05) is 30.3 Å². The van der Waals surface area contributed by atoms with Gasteiger partial charge in [0.2, 0.25) is 0 Å². The van der Waals surface area contributed by atoms with E-state index in [1.165, 1.54) is 4.90 Å². The molecule has 8 heteroatoms. The maximum atomic E-state index is 13.0. The zero-order chi connectivity index (χ0) is 18.4. The van der Waals surface area contributed by atoms with Crippen LogP contribution in [0, 0.1) is 0 Å². The average molecular weight is 356 g/mol. The molecule has 3 unspecified atom stereocenters. The van der Waals surface area contributed by atoms with Crippen molar-refractivity contribution in [2.24, 2.45) is 5.10 Å². The number of carbonyl (C=O) groups is 2. The number of nitrogens with zero attached hydrogens (tertiary/aromatic N) is 5. The zero-order valence-corrected chi connectivity index (χ0v) is 15.3. The molecule has 2 saturated heterocycles. The number of likely N-dealkylation sites (N-methyl/N-ethyl adjacent to an activating group) is 2. The first-order chi connectivity index (χ1) is 12.5. The quantitative estimate of drug-likeness (QED) is 0.862. The Balaban J connectivity index is 1.64. The van der Waals surface area contributed by atoms with Crippen molar-refractivity contribution in [1.29, 1.82) is 0 Å². The molecular formula is C18H24N6O2. The number of nitrogens with one attached hydrogen (secondary N) is 1. The largest absolute Gasteiger partial charge is 0.327 e. The molecule has 3 atom stereocenters. The summed E-state index contributed by atoms with van der Waals surface area (Å²) in [6.07, 6.45) is -0.563. The van der Waals surface area contributed by atoms with Crippen LogP contribution in [0.1, 0.15) is 19.4 Å². The van der Waals surface area contributed by atoms with Crippen molar-refractivity contribution in [3.05, 3.63) is 35.9 Å². The van der Waals surface area contributed by atoms with Crippen molar-refractivity contribution in [3.63, 3.8) is 0 Å². The Morgan fingerprint density at radius 2 is 1.96 bits per heavy atom. The highest BCUT2D eigenvalue weighted by Gasteiger charge is 2.55. The molecule has 2 fully saturated rings. The summed E-state index contributed by atoms with van der Waals surface area (Å²) in [6.45, 7) is 5.42. The van der Waals surface area contributed by atoms with E-state index >= 15 is 0 Å². The Bertz CT molecular complexity index is 751. The molecule has 3 heterocycles. The van der Waals surface area contributed by atoms with E-state index in [9.17, 15) is 9.59 Å². The van der Waals surface area contributed by atoms with Crippen molar-refractivity contribution in [2.75, 3.05) is 20.1 Å². The van der Waals surface area contributed by atoms with Crippen LogP contribution >= 0.6 is 0 Å². The van der Waals surface area contributed by atoms with Gasteiger partial charge in [-0.2, -0.15) is 5.10 Å². The van der Waals surface area contributed by atoms with Crippen LogP contribution in [0.2, 0.25) is 0 Å². The number of fused-ring (bicyclic) bond motifs is 3. The van der Waals surface area contributed by atoms with Crippen LogP contribution in [0.25, 0.3) is 0 Å². The summed E-state index contributed by atoms with van der Waals surface area (Å²) < 4.78 is 0. The van der Waals surface area contributed by atoms with E-state index in [0.717, 1.165) is 11.3 Å². The lowest BCUT2D eigenvalue weighted by Gasteiger charge is -2.42. The van der Waals surface area contributed by atoms with Crippen LogP contribution in [0.4, 0.5) is 4.79 Å². The molecule has 0 radical (unpaired) electrons. The highest BCUT2D eigenvalue weighted by molar-refractivity contribution is 6.01. The third-order valence-corrected chi connectivity index (χ3v) is 5.26. The number of hydrogen-bond donors (Lipinski definition) is 1. The zero-order valence-electron chi connectivity index (χ0n) is 15.3. The van der Waals surface area contributed by atoms with E-state index in [1.807, 2.05) is 37.1 Å².